The van der Waals surface area contributed by atoms with Crippen molar-refractivity contribution in [2.45, 2.75) is 33.4 Å². The molecule has 0 saturated carbocycles. The van der Waals surface area contributed by atoms with E-state index in [4.69, 9.17) is 0 Å². The maximum atomic E-state index is 12.3. The largest absolute Gasteiger partial charge is 0.322 e. The van der Waals surface area contributed by atoms with Crippen LogP contribution in [0.25, 0.3) is 0 Å². The van der Waals surface area contributed by atoms with Crippen molar-refractivity contribution in [3.05, 3.63) is 47.8 Å². The Hall–Kier alpha value is -2.44. The number of aromatic nitrogens is 2. The average Bonchev–Trinajstić information content (AvgIpc) is 2.92. The SMILES string of the molecule is CCN(Cc1ccccc1C)C(=O)Nc1cnn(CC(F)F)c1. The molecule has 1 aromatic carbocycles. The first kappa shape index (κ1) is 16.9. The molecule has 0 fully saturated rings. The number of aryl methyl sites for hydroxylation is 1. The van der Waals surface area contributed by atoms with Gasteiger partial charge in [-0.1, -0.05) is 24.3 Å². The summed E-state index contributed by atoms with van der Waals surface area (Å²) in [6, 6.07) is 7.57. The summed E-state index contributed by atoms with van der Waals surface area (Å²) < 4.78 is 25.7. The summed E-state index contributed by atoms with van der Waals surface area (Å²) in [4.78, 5) is 14.0. The van der Waals surface area contributed by atoms with Crippen molar-refractivity contribution in [1.29, 1.82) is 0 Å². The zero-order valence-electron chi connectivity index (χ0n) is 13.2. The van der Waals surface area contributed by atoms with Crippen LogP contribution < -0.4 is 5.32 Å². The van der Waals surface area contributed by atoms with Crippen LogP contribution in [0, 0.1) is 6.92 Å². The molecule has 0 aliphatic rings. The predicted molar refractivity (Wildman–Crippen MR) is 84.5 cm³/mol. The monoisotopic (exact) mass is 322 g/mol. The van der Waals surface area contributed by atoms with Gasteiger partial charge in [0.15, 0.2) is 0 Å². The smallest absolute Gasteiger partial charge is 0.320 e. The number of alkyl halides is 2. The van der Waals surface area contributed by atoms with Crippen LogP contribution in [0.3, 0.4) is 0 Å². The van der Waals surface area contributed by atoms with Crippen molar-refractivity contribution in [2.75, 3.05) is 11.9 Å². The Bertz CT molecular complexity index is 657. The van der Waals surface area contributed by atoms with Crippen LogP contribution in [0.5, 0.6) is 0 Å². The van der Waals surface area contributed by atoms with Crippen LogP contribution in [-0.4, -0.2) is 33.7 Å². The lowest BCUT2D eigenvalue weighted by Crippen LogP contribution is -2.34. The second-order valence-corrected chi connectivity index (χ2v) is 5.21. The van der Waals surface area contributed by atoms with Gasteiger partial charge >= 0.3 is 6.03 Å². The molecular formula is C16H20F2N4O. The number of carbonyl (C=O) groups is 1. The topological polar surface area (TPSA) is 50.2 Å². The Labute approximate surface area is 133 Å². The minimum absolute atomic E-state index is 0.285. The van der Waals surface area contributed by atoms with Gasteiger partial charge in [0.2, 0.25) is 0 Å². The molecule has 23 heavy (non-hydrogen) atoms. The van der Waals surface area contributed by atoms with E-state index in [-0.39, 0.29) is 6.03 Å². The fourth-order valence-corrected chi connectivity index (χ4v) is 2.19. The number of nitrogens with zero attached hydrogens (tertiary/aromatic N) is 3. The number of amides is 2. The van der Waals surface area contributed by atoms with Gasteiger partial charge in [-0.05, 0) is 25.0 Å². The number of halogens is 2. The first-order chi connectivity index (χ1) is 11.0. The van der Waals surface area contributed by atoms with E-state index in [9.17, 15) is 13.6 Å². The van der Waals surface area contributed by atoms with Crippen molar-refractivity contribution in [2.24, 2.45) is 0 Å². The minimum atomic E-state index is -2.48. The van der Waals surface area contributed by atoms with Crippen LogP contribution >= 0.6 is 0 Å². The average molecular weight is 322 g/mol. The van der Waals surface area contributed by atoms with E-state index in [1.165, 1.54) is 12.4 Å². The summed E-state index contributed by atoms with van der Waals surface area (Å²) in [5.41, 5.74) is 2.58. The van der Waals surface area contributed by atoms with E-state index in [1.807, 2.05) is 38.1 Å². The molecule has 1 aromatic heterocycles. The highest BCUT2D eigenvalue weighted by Gasteiger charge is 2.14. The summed E-state index contributed by atoms with van der Waals surface area (Å²) in [5.74, 6) is 0. The molecule has 124 valence electrons. The number of anilines is 1. The quantitative estimate of drug-likeness (QED) is 0.885. The van der Waals surface area contributed by atoms with Crippen LogP contribution in [0.4, 0.5) is 19.3 Å². The third-order valence-corrected chi connectivity index (χ3v) is 3.50. The van der Waals surface area contributed by atoms with Crippen molar-refractivity contribution in [1.82, 2.24) is 14.7 Å². The zero-order valence-corrected chi connectivity index (χ0v) is 13.2. The molecule has 7 heteroatoms. The van der Waals surface area contributed by atoms with Gasteiger partial charge in [-0.25, -0.2) is 13.6 Å². The van der Waals surface area contributed by atoms with Crippen molar-refractivity contribution in [3.8, 4) is 0 Å². The van der Waals surface area contributed by atoms with E-state index < -0.39 is 13.0 Å². The van der Waals surface area contributed by atoms with E-state index >= 15 is 0 Å². The lowest BCUT2D eigenvalue weighted by Gasteiger charge is -2.22. The number of hydrogen-bond donors (Lipinski definition) is 1. The lowest BCUT2D eigenvalue weighted by atomic mass is 10.1. The van der Waals surface area contributed by atoms with E-state index in [1.54, 1.807) is 4.90 Å². The lowest BCUT2D eigenvalue weighted by molar-refractivity contribution is 0.122. The molecule has 0 unspecified atom stereocenters. The van der Waals surface area contributed by atoms with Gasteiger partial charge in [0, 0.05) is 19.3 Å². The molecule has 5 nitrogen and oxygen atoms in total. The van der Waals surface area contributed by atoms with Crippen molar-refractivity contribution < 1.29 is 13.6 Å². The summed E-state index contributed by atoms with van der Waals surface area (Å²) in [6.07, 6.45) is 0.278. The molecule has 0 aliphatic heterocycles. The van der Waals surface area contributed by atoms with E-state index in [2.05, 4.69) is 10.4 Å². The highest BCUT2D eigenvalue weighted by Crippen LogP contribution is 2.13. The number of carbonyl (C=O) groups excluding carboxylic acids is 1. The van der Waals surface area contributed by atoms with Crippen LogP contribution in [0.2, 0.25) is 0 Å². The molecule has 2 aromatic rings. The second kappa shape index (κ2) is 7.71. The first-order valence-electron chi connectivity index (χ1n) is 7.40. The number of benzene rings is 1. The van der Waals surface area contributed by atoms with E-state index in [0.29, 0.717) is 18.8 Å². The van der Waals surface area contributed by atoms with Crippen LogP contribution in [-0.2, 0) is 13.1 Å². The first-order valence-corrected chi connectivity index (χ1v) is 7.40. The molecule has 1 heterocycles. The van der Waals surface area contributed by atoms with Gasteiger partial charge in [0.1, 0.15) is 6.54 Å². The Morgan fingerprint density at radius 3 is 2.78 bits per heavy atom. The Kier molecular flexibility index (Phi) is 5.67. The summed E-state index contributed by atoms with van der Waals surface area (Å²) >= 11 is 0. The van der Waals surface area contributed by atoms with Gasteiger partial charge in [-0.15, -0.1) is 0 Å². The fourth-order valence-electron chi connectivity index (χ4n) is 2.19. The molecule has 2 amide bonds. The highest BCUT2D eigenvalue weighted by atomic mass is 19.3. The molecule has 0 atom stereocenters. The Morgan fingerprint density at radius 2 is 2.13 bits per heavy atom. The summed E-state index contributed by atoms with van der Waals surface area (Å²) in [5, 5.41) is 6.48. The second-order valence-electron chi connectivity index (χ2n) is 5.21. The standard InChI is InChI=1S/C16H20F2N4O/c1-3-21(9-13-7-5-4-6-12(13)2)16(23)20-14-8-19-22(10-14)11-15(17)18/h4-8,10,15H,3,9,11H2,1-2H3,(H,20,23). The van der Waals surface area contributed by atoms with Gasteiger partial charge in [-0.3, -0.25) is 4.68 Å². The Balaban J connectivity index is 2.00. The molecule has 1 N–H and O–H groups in total. The van der Waals surface area contributed by atoms with Gasteiger partial charge in [0.05, 0.1) is 11.9 Å². The number of rotatable bonds is 6. The van der Waals surface area contributed by atoms with E-state index in [0.717, 1.165) is 15.8 Å². The van der Waals surface area contributed by atoms with Crippen LogP contribution in [0.1, 0.15) is 18.1 Å². The summed E-state index contributed by atoms with van der Waals surface area (Å²) in [7, 11) is 0. The number of nitrogens with one attached hydrogen (secondary N) is 1. The third kappa shape index (κ3) is 4.77. The van der Waals surface area contributed by atoms with Gasteiger partial charge < -0.3 is 10.2 Å². The van der Waals surface area contributed by atoms with Crippen molar-refractivity contribution >= 4 is 11.7 Å². The maximum absolute atomic E-state index is 12.3. The van der Waals surface area contributed by atoms with Gasteiger partial charge in [0.25, 0.3) is 6.43 Å². The molecule has 2 rings (SSSR count). The normalized spacial score (nSPS) is 10.8. The molecule has 0 spiro atoms. The highest BCUT2D eigenvalue weighted by molar-refractivity contribution is 5.88. The zero-order chi connectivity index (χ0) is 16.8. The molecular weight excluding hydrogens is 302 g/mol. The maximum Gasteiger partial charge on any atom is 0.322 e. The number of urea groups is 1. The molecule has 0 saturated heterocycles. The van der Waals surface area contributed by atoms with Gasteiger partial charge in [-0.2, -0.15) is 5.10 Å². The summed E-state index contributed by atoms with van der Waals surface area (Å²) in [6.45, 7) is 4.41. The molecule has 0 bridgehead atoms. The third-order valence-electron chi connectivity index (χ3n) is 3.50. The van der Waals surface area contributed by atoms with Crippen LogP contribution in [0.15, 0.2) is 36.7 Å². The molecule has 0 radical (unpaired) electrons. The number of hydrogen-bond acceptors (Lipinski definition) is 2. The minimum Gasteiger partial charge on any atom is -0.320 e. The fraction of sp³-hybridized carbons (Fsp3) is 0.375. The molecule has 0 aliphatic carbocycles. The Morgan fingerprint density at radius 1 is 1.39 bits per heavy atom. The van der Waals surface area contributed by atoms with Crippen molar-refractivity contribution in [3.63, 3.8) is 0 Å². The predicted octanol–water partition coefficient (Wildman–Crippen LogP) is 3.51.